The summed E-state index contributed by atoms with van der Waals surface area (Å²) >= 11 is 6.78. The Bertz CT molecular complexity index is 1680. The first-order valence-electron chi connectivity index (χ1n) is 16.3. The van der Waals surface area contributed by atoms with E-state index in [2.05, 4.69) is 20.2 Å². The molecule has 1 aromatic carbocycles. The summed E-state index contributed by atoms with van der Waals surface area (Å²) < 4.78 is 16.5. The third kappa shape index (κ3) is 7.66. The summed E-state index contributed by atoms with van der Waals surface area (Å²) in [6, 6.07) is 6.76. The van der Waals surface area contributed by atoms with Crippen LogP contribution in [0, 0.1) is 0 Å². The molecule has 0 spiro atoms. The molecule has 0 unspecified atom stereocenters. The molecule has 0 atom stereocenters. The third-order valence-electron chi connectivity index (χ3n) is 8.81. The Morgan fingerprint density at radius 3 is 2.53 bits per heavy atom. The number of hydrogen-bond donors (Lipinski definition) is 1. The van der Waals surface area contributed by atoms with E-state index in [-0.39, 0.29) is 29.5 Å². The lowest BCUT2D eigenvalue weighted by Crippen LogP contribution is -2.55. The van der Waals surface area contributed by atoms with Gasteiger partial charge in [-0.05, 0) is 39.1 Å². The van der Waals surface area contributed by atoms with Crippen LogP contribution >= 0.6 is 11.6 Å². The minimum Gasteiger partial charge on any atom is -0.497 e. The van der Waals surface area contributed by atoms with Gasteiger partial charge in [0.15, 0.2) is 0 Å². The van der Waals surface area contributed by atoms with E-state index >= 15 is 0 Å². The van der Waals surface area contributed by atoms with E-state index in [1.165, 1.54) is 7.11 Å². The molecule has 0 bridgehead atoms. The van der Waals surface area contributed by atoms with Crippen molar-refractivity contribution >= 4 is 52.5 Å². The van der Waals surface area contributed by atoms with Crippen molar-refractivity contribution in [3.05, 3.63) is 59.4 Å². The number of carbonyl (C=O) groups excluding carboxylic acids is 2. The quantitative estimate of drug-likeness (QED) is 0.308. The van der Waals surface area contributed by atoms with E-state index in [1.54, 1.807) is 41.3 Å². The highest BCUT2D eigenvalue weighted by Crippen LogP contribution is 2.42. The van der Waals surface area contributed by atoms with Crippen LogP contribution in [-0.4, -0.2) is 117 Å². The molecule has 3 aliphatic heterocycles. The molecular formula is C34H42ClN9O5. The standard InChI is InChI=1S/C34H42ClN9O5/c1-40(2)11-5-6-30(45)42-12-9-24(10-13-42)44-32-23(22-43(34(44)46)27-18-26(47-3)19-28(48-4)31(27)35)20-37-33(39-32)38-29-8-7-25(21-36-29)41-14-16-49-17-15-41/h5-8,18-21,24H,9-17,22H2,1-4H3,(H,36,37,38,39)/b6-5+. The molecule has 3 aliphatic rings. The van der Waals surface area contributed by atoms with Gasteiger partial charge in [-0.2, -0.15) is 4.98 Å². The highest BCUT2D eigenvalue weighted by atomic mass is 35.5. The fourth-order valence-corrected chi connectivity index (χ4v) is 6.46. The molecule has 0 saturated carbocycles. The number of hydrogen-bond acceptors (Lipinski definition) is 11. The zero-order valence-corrected chi connectivity index (χ0v) is 29.0. The molecule has 2 fully saturated rings. The molecule has 2 saturated heterocycles. The number of urea groups is 1. The van der Waals surface area contributed by atoms with Gasteiger partial charge in [-0.3, -0.25) is 14.6 Å². The van der Waals surface area contributed by atoms with Crippen LogP contribution in [0.3, 0.4) is 0 Å². The Balaban J connectivity index is 1.28. The van der Waals surface area contributed by atoms with Gasteiger partial charge in [0.2, 0.25) is 11.9 Å². The maximum absolute atomic E-state index is 14.5. The Morgan fingerprint density at radius 1 is 1.08 bits per heavy atom. The van der Waals surface area contributed by atoms with Gasteiger partial charge in [0.25, 0.3) is 0 Å². The molecule has 0 aliphatic carbocycles. The van der Waals surface area contributed by atoms with Crippen LogP contribution in [0.4, 0.5) is 33.8 Å². The minimum absolute atomic E-state index is 0.0384. The fraction of sp³-hybridized carbons (Fsp3) is 0.441. The first kappa shape index (κ1) is 34.2. The minimum atomic E-state index is -0.294. The van der Waals surface area contributed by atoms with E-state index < -0.39 is 0 Å². The van der Waals surface area contributed by atoms with Crippen molar-refractivity contribution in [1.29, 1.82) is 0 Å². The second kappa shape index (κ2) is 15.3. The first-order chi connectivity index (χ1) is 23.7. The van der Waals surface area contributed by atoms with Gasteiger partial charge in [0.05, 0.1) is 51.5 Å². The average molecular weight is 692 g/mol. The first-order valence-corrected chi connectivity index (χ1v) is 16.7. The van der Waals surface area contributed by atoms with Crippen LogP contribution < -0.4 is 29.5 Å². The lowest BCUT2D eigenvalue weighted by Gasteiger charge is -2.43. The molecule has 2 aromatic heterocycles. The Labute approximate surface area is 291 Å². The van der Waals surface area contributed by atoms with Gasteiger partial charge in [-0.25, -0.2) is 14.8 Å². The third-order valence-corrected chi connectivity index (χ3v) is 9.19. The van der Waals surface area contributed by atoms with E-state index in [9.17, 15) is 9.59 Å². The van der Waals surface area contributed by atoms with Crippen molar-refractivity contribution in [2.24, 2.45) is 0 Å². The van der Waals surface area contributed by atoms with E-state index in [0.717, 1.165) is 24.3 Å². The number of anilines is 5. The largest absolute Gasteiger partial charge is 0.497 e. The molecule has 5 heterocycles. The van der Waals surface area contributed by atoms with Gasteiger partial charge in [0, 0.05) is 68.7 Å². The van der Waals surface area contributed by atoms with Crippen molar-refractivity contribution in [3.63, 3.8) is 0 Å². The number of nitrogens with one attached hydrogen (secondary N) is 1. The topological polar surface area (TPSA) is 129 Å². The number of carbonyl (C=O) groups is 2. The number of rotatable bonds is 10. The smallest absolute Gasteiger partial charge is 0.330 e. The summed E-state index contributed by atoms with van der Waals surface area (Å²) in [7, 11) is 6.97. The molecule has 6 rings (SSSR count). The van der Waals surface area contributed by atoms with Crippen molar-refractivity contribution < 1.29 is 23.8 Å². The number of piperidine rings is 1. The number of pyridine rings is 1. The number of aromatic nitrogens is 3. The predicted molar refractivity (Wildman–Crippen MR) is 188 cm³/mol. The Morgan fingerprint density at radius 2 is 1.86 bits per heavy atom. The number of ether oxygens (including phenoxy) is 3. The van der Waals surface area contributed by atoms with Crippen LogP contribution in [0.15, 0.2) is 48.8 Å². The van der Waals surface area contributed by atoms with Crippen LogP contribution in [0.2, 0.25) is 5.02 Å². The average Bonchev–Trinajstić information content (AvgIpc) is 3.12. The highest BCUT2D eigenvalue weighted by Gasteiger charge is 2.40. The summed E-state index contributed by atoms with van der Waals surface area (Å²) in [5.74, 6) is 2.25. The maximum Gasteiger partial charge on any atom is 0.330 e. The summed E-state index contributed by atoms with van der Waals surface area (Å²) in [5, 5.41) is 3.50. The fourth-order valence-electron chi connectivity index (χ4n) is 6.17. The number of likely N-dealkylation sites (N-methyl/N-ethyl adjacent to an activating group) is 1. The van der Waals surface area contributed by atoms with Gasteiger partial charge < -0.3 is 34.2 Å². The SMILES string of the molecule is COc1cc(OC)c(Cl)c(N2Cc3cnc(Nc4ccc(N5CCOCC5)cn4)nc3N(C3CCN(C(=O)/C=C/CN(C)C)CC3)C2=O)c1. The van der Waals surface area contributed by atoms with Crippen molar-refractivity contribution in [2.45, 2.75) is 25.4 Å². The zero-order valence-electron chi connectivity index (χ0n) is 28.3. The van der Waals surface area contributed by atoms with Crippen LogP contribution in [0.5, 0.6) is 11.5 Å². The number of methoxy groups -OCH3 is 2. The molecule has 260 valence electrons. The number of likely N-dealkylation sites (tertiary alicyclic amines) is 1. The van der Waals surface area contributed by atoms with E-state index in [0.29, 0.717) is 80.5 Å². The summed E-state index contributed by atoms with van der Waals surface area (Å²) in [4.78, 5) is 50.8. The number of morpholine rings is 1. The summed E-state index contributed by atoms with van der Waals surface area (Å²) in [5.41, 5.74) is 2.20. The van der Waals surface area contributed by atoms with Gasteiger partial charge in [-0.1, -0.05) is 17.7 Å². The second-order valence-electron chi connectivity index (χ2n) is 12.3. The lowest BCUT2D eigenvalue weighted by atomic mass is 10.0. The molecule has 0 radical (unpaired) electrons. The number of benzene rings is 1. The second-order valence-corrected chi connectivity index (χ2v) is 12.7. The van der Waals surface area contributed by atoms with Crippen LogP contribution in [0.25, 0.3) is 0 Å². The Kier molecular flexibility index (Phi) is 10.7. The summed E-state index contributed by atoms with van der Waals surface area (Å²) in [6.45, 7) is 4.87. The molecular weight excluding hydrogens is 650 g/mol. The molecule has 1 N–H and O–H groups in total. The van der Waals surface area contributed by atoms with Crippen molar-refractivity contribution in [1.82, 2.24) is 24.8 Å². The van der Waals surface area contributed by atoms with Crippen LogP contribution in [0.1, 0.15) is 18.4 Å². The van der Waals surface area contributed by atoms with Gasteiger partial charge in [-0.15, -0.1) is 0 Å². The van der Waals surface area contributed by atoms with Crippen LogP contribution in [-0.2, 0) is 16.1 Å². The van der Waals surface area contributed by atoms with Gasteiger partial charge >= 0.3 is 6.03 Å². The maximum atomic E-state index is 14.5. The number of amides is 3. The number of fused-ring (bicyclic) bond motifs is 1. The molecule has 14 nitrogen and oxygen atoms in total. The summed E-state index contributed by atoms with van der Waals surface area (Å²) in [6.07, 6.45) is 8.15. The molecule has 15 heteroatoms. The normalized spacial score (nSPS) is 17.1. The zero-order chi connectivity index (χ0) is 34.5. The van der Waals surface area contributed by atoms with Gasteiger partial charge in [0.1, 0.15) is 28.2 Å². The predicted octanol–water partition coefficient (Wildman–Crippen LogP) is 4.18. The monoisotopic (exact) mass is 691 g/mol. The molecule has 49 heavy (non-hydrogen) atoms. The lowest BCUT2D eigenvalue weighted by molar-refractivity contribution is -0.127. The highest BCUT2D eigenvalue weighted by molar-refractivity contribution is 6.35. The Hall–Kier alpha value is -4.66. The van der Waals surface area contributed by atoms with Crippen molar-refractivity contribution in [3.8, 4) is 11.5 Å². The van der Waals surface area contributed by atoms with E-state index in [1.807, 2.05) is 48.3 Å². The molecule has 3 aromatic rings. The van der Waals surface area contributed by atoms with E-state index in [4.69, 9.17) is 30.8 Å². The molecule has 3 amide bonds. The number of halogens is 1. The number of nitrogens with zero attached hydrogens (tertiary/aromatic N) is 8. The van der Waals surface area contributed by atoms with Crippen molar-refractivity contribution in [2.75, 3.05) is 94.3 Å².